The molecule has 0 spiro atoms. The Bertz CT molecular complexity index is 1380. The normalized spacial score (nSPS) is 17.8. The van der Waals surface area contributed by atoms with Gasteiger partial charge in [-0.05, 0) is 44.0 Å². The van der Waals surface area contributed by atoms with Gasteiger partial charge in [0.25, 0.3) is 0 Å². The van der Waals surface area contributed by atoms with Gasteiger partial charge in [-0.3, -0.25) is 0 Å². The van der Waals surface area contributed by atoms with E-state index in [1.54, 1.807) is 23.7 Å². The van der Waals surface area contributed by atoms with Gasteiger partial charge in [-0.15, -0.1) is 0 Å². The molecule has 0 amide bonds. The Morgan fingerprint density at radius 3 is 2.49 bits per heavy atom. The Morgan fingerprint density at radius 1 is 1.14 bits per heavy atom. The summed E-state index contributed by atoms with van der Waals surface area (Å²) < 4.78 is 36.5. The zero-order valence-corrected chi connectivity index (χ0v) is 20.6. The third-order valence-corrected chi connectivity index (χ3v) is 7.58. The molecule has 182 valence electrons. The van der Waals surface area contributed by atoms with Crippen molar-refractivity contribution in [2.45, 2.75) is 36.6 Å². The fourth-order valence-corrected chi connectivity index (χ4v) is 5.27. The van der Waals surface area contributed by atoms with Gasteiger partial charge in [0.2, 0.25) is 10.0 Å². The second-order valence-corrected chi connectivity index (χ2v) is 10.8. The van der Waals surface area contributed by atoms with Crippen molar-refractivity contribution >= 4 is 32.9 Å². The standard InChI is InChI=1S/C24H24N4O5S2/c1-2-32-23(29)19-14-34-24(26-19)28-21(16-6-4-3-5-7-16)22(20(27-28)15-8-9-15)33-17-10-12-18(13-11-17)35(25,30)31/h3-7,10-13,15,19H,2,8-9,14H2,1H3,(H2,25,30,31). The maximum atomic E-state index is 12.3. The van der Waals surface area contributed by atoms with Crippen molar-refractivity contribution in [3.05, 3.63) is 60.3 Å². The van der Waals surface area contributed by atoms with Gasteiger partial charge >= 0.3 is 5.97 Å². The first-order valence-corrected chi connectivity index (χ1v) is 13.7. The second-order valence-electron chi connectivity index (χ2n) is 8.22. The van der Waals surface area contributed by atoms with Gasteiger partial charge < -0.3 is 9.47 Å². The first kappa shape index (κ1) is 23.6. The molecule has 35 heavy (non-hydrogen) atoms. The summed E-state index contributed by atoms with van der Waals surface area (Å²) in [5, 5.41) is 10.7. The zero-order chi connectivity index (χ0) is 24.6. The summed E-state index contributed by atoms with van der Waals surface area (Å²) in [6, 6.07) is 15.1. The van der Waals surface area contributed by atoms with Gasteiger partial charge in [-0.1, -0.05) is 42.1 Å². The minimum atomic E-state index is -3.81. The fraction of sp³-hybridized carbons (Fsp3) is 0.292. The topological polar surface area (TPSA) is 126 Å². The van der Waals surface area contributed by atoms with Crippen LogP contribution in [0.15, 0.2) is 64.5 Å². The number of aromatic nitrogens is 2. The maximum absolute atomic E-state index is 12.3. The minimum absolute atomic E-state index is 0.00737. The van der Waals surface area contributed by atoms with Crippen LogP contribution >= 0.6 is 11.8 Å². The molecule has 2 aliphatic rings. The smallest absolute Gasteiger partial charge is 0.331 e. The van der Waals surface area contributed by atoms with E-state index < -0.39 is 16.1 Å². The van der Waals surface area contributed by atoms with Crippen molar-refractivity contribution in [3.8, 4) is 22.8 Å². The first-order chi connectivity index (χ1) is 16.8. The van der Waals surface area contributed by atoms with E-state index >= 15 is 0 Å². The Kier molecular flexibility index (Phi) is 6.39. The maximum Gasteiger partial charge on any atom is 0.331 e. The number of nitrogens with two attached hydrogens (primary N) is 1. The summed E-state index contributed by atoms with van der Waals surface area (Å²) in [5.74, 6) is 1.43. The van der Waals surface area contributed by atoms with Crippen molar-refractivity contribution < 1.29 is 22.7 Å². The SMILES string of the molecule is CCOC(=O)C1CSC(n2nc(C3CC3)c(Oc3ccc(S(N)(=O)=O)cc3)c2-c2ccccc2)=N1. The lowest BCUT2D eigenvalue weighted by atomic mass is 10.1. The highest BCUT2D eigenvalue weighted by Gasteiger charge is 2.36. The van der Waals surface area contributed by atoms with E-state index in [1.807, 2.05) is 30.3 Å². The van der Waals surface area contributed by atoms with E-state index in [4.69, 9.17) is 19.7 Å². The highest BCUT2D eigenvalue weighted by atomic mass is 32.2. The second kappa shape index (κ2) is 9.48. The lowest BCUT2D eigenvalue weighted by Gasteiger charge is -2.11. The van der Waals surface area contributed by atoms with Crippen LogP contribution in [0.1, 0.15) is 31.4 Å². The van der Waals surface area contributed by atoms with E-state index in [1.165, 1.54) is 23.9 Å². The highest BCUT2D eigenvalue weighted by molar-refractivity contribution is 8.14. The number of primary sulfonamides is 1. The lowest BCUT2D eigenvalue weighted by molar-refractivity contribution is -0.143. The van der Waals surface area contributed by atoms with E-state index in [-0.39, 0.29) is 16.8 Å². The molecule has 0 saturated heterocycles. The molecular formula is C24H24N4O5S2. The Hall–Kier alpha value is -3.15. The lowest BCUT2D eigenvalue weighted by Crippen LogP contribution is -2.21. The highest BCUT2D eigenvalue weighted by Crippen LogP contribution is 2.49. The number of hydrogen-bond donors (Lipinski definition) is 1. The van der Waals surface area contributed by atoms with Gasteiger partial charge in [-0.25, -0.2) is 28.0 Å². The summed E-state index contributed by atoms with van der Waals surface area (Å²) in [7, 11) is -3.81. The van der Waals surface area contributed by atoms with Crippen LogP contribution < -0.4 is 9.88 Å². The zero-order valence-electron chi connectivity index (χ0n) is 19.0. The molecule has 2 aromatic carbocycles. The fourth-order valence-electron chi connectivity index (χ4n) is 3.78. The monoisotopic (exact) mass is 512 g/mol. The van der Waals surface area contributed by atoms with Crippen molar-refractivity contribution in [3.63, 3.8) is 0 Å². The molecule has 9 nitrogen and oxygen atoms in total. The third-order valence-electron chi connectivity index (χ3n) is 5.63. The van der Waals surface area contributed by atoms with Gasteiger partial charge in [0, 0.05) is 17.2 Å². The van der Waals surface area contributed by atoms with Gasteiger partial charge in [-0.2, -0.15) is 5.10 Å². The molecule has 1 aliphatic heterocycles. The molecular weight excluding hydrogens is 488 g/mol. The molecule has 1 unspecified atom stereocenters. The average molecular weight is 513 g/mol. The molecule has 0 bridgehead atoms. The van der Waals surface area contributed by atoms with Crippen LogP contribution in [0.5, 0.6) is 11.5 Å². The number of rotatable bonds is 7. The Labute approximate surface area is 207 Å². The Balaban J connectivity index is 1.59. The molecule has 3 aromatic rings. The average Bonchev–Trinajstić information content (AvgIpc) is 3.44. The molecule has 1 atom stereocenters. The minimum Gasteiger partial charge on any atom is -0.464 e. The molecule has 5 rings (SSSR count). The van der Waals surface area contributed by atoms with Crippen LogP contribution in [0.3, 0.4) is 0 Å². The number of benzene rings is 2. The van der Waals surface area contributed by atoms with Crippen LogP contribution in [-0.2, 0) is 19.6 Å². The quantitative estimate of drug-likeness (QED) is 0.478. The third kappa shape index (κ3) is 4.97. The molecule has 1 aliphatic carbocycles. The summed E-state index contributed by atoms with van der Waals surface area (Å²) in [6.45, 7) is 2.07. The van der Waals surface area contributed by atoms with Crippen molar-refractivity contribution in [2.24, 2.45) is 10.1 Å². The number of carbonyl (C=O) groups excluding carboxylic acids is 1. The first-order valence-electron chi connectivity index (χ1n) is 11.2. The van der Waals surface area contributed by atoms with Crippen LogP contribution in [0.4, 0.5) is 0 Å². The van der Waals surface area contributed by atoms with Crippen LogP contribution in [0.25, 0.3) is 11.3 Å². The molecule has 1 fully saturated rings. The largest absolute Gasteiger partial charge is 0.464 e. The Morgan fingerprint density at radius 2 is 1.86 bits per heavy atom. The van der Waals surface area contributed by atoms with E-state index in [0.29, 0.717) is 29.0 Å². The summed E-state index contributed by atoms with van der Waals surface area (Å²) in [5.41, 5.74) is 2.41. The molecule has 11 heteroatoms. The number of aliphatic imine (C=N–C) groups is 1. The summed E-state index contributed by atoms with van der Waals surface area (Å²) >= 11 is 1.45. The summed E-state index contributed by atoms with van der Waals surface area (Å²) in [6.07, 6.45) is 1.99. The van der Waals surface area contributed by atoms with Gasteiger partial charge in [0.15, 0.2) is 17.0 Å². The predicted octanol–water partition coefficient (Wildman–Crippen LogP) is 3.75. The van der Waals surface area contributed by atoms with E-state index in [0.717, 1.165) is 29.8 Å². The van der Waals surface area contributed by atoms with Crippen molar-refractivity contribution in [1.82, 2.24) is 9.78 Å². The van der Waals surface area contributed by atoms with Crippen LogP contribution in [0, 0.1) is 0 Å². The molecule has 1 saturated carbocycles. The number of ether oxygens (including phenoxy) is 2. The van der Waals surface area contributed by atoms with Gasteiger partial charge in [0.05, 0.1) is 11.5 Å². The number of sulfonamides is 1. The predicted molar refractivity (Wildman–Crippen MR) is 133 cm³/mol. The summed E-state index contributed by atoms with van der Waals surface area (Å²) in [4.78, 5) is 16.9. The van der Waals surface area contributed by atoms with E-state index in [2.05, 4.69) is 4.99 Å². The number of nitrogens with zero attached hydrogens (tertiary/aromatic N) is 3. The molecule has 1 aromatic heterocycles. The molecule has 2 N–H and O–H groups in total. The molecule has 0 radical (unpaired) electrons. The molecule has 2 heterocycles. The van der Waals surface area contributed by atoms with Gasteiger partial charge in [0.1, 0.15) is 17.1 Å². The van der Waals surface area contributed by atoms with E-state index in [9.17, 15) is 13.2 Å². The van der Waals surface area contributed by atoms with Crippen molar-refractivity contribution in [1.29, 1.82) is 0 Å². The van der Waals surface area contributed by atoms with Crippen LogP contribution in [-0.4, -0.2) is 47.7 Å². The van der Waals surface area contributed by atoms with Crippen molar-refractivity contribution in [2.75, 3.05) is 12.4 Å². The number of hydrogen-bond acceptors (Lipinski definition) is 8. The van der Waals surface area contributed by atoms with Crippen LogP contribution in [0.2, 0.25) is 0 Å². The number of thioether (sulfide) groups is 1. The number of carbonyl (C=O) groups is 1. The number of esters is 1.